The molecule has 1 amide bonds. The van der Waals surface area contributed by atoms with Crippen LogP contribution in [0.1, 0.15) is 18.5 Å². The third kappa shape index (κ3) is 4.21. The van der Waals surface area contributed by atoms with Crippen LogP contribution < -0.4 is 4.74 Å². The number of piperazine rings is 1. The summed E-state index contributed by atoms with van der Waals surface area (Å²) in [5.41, 5.74) is 1.19. The zero-order chi connectivity index (χ0) is 16.1. The van der Waals surface area contributed by atoms with Gasteiger partial charge in [0.05, 0.1) is 13.7 Å². The summed E-state index contributed by atoms with van der Waals surface area (Å²) in [6, 6.07) is 8.23. The molecule has 122 valence electrons. The highest BCUT2D eigenvalue weighted by Crippen LogP contribution is 2.21. The number of ether oxygens (including phenoxy) is 1. The Morgan fingerprint density at radius 2 is 1.82 bits per heavy atom. The van der Waals surface area contributed by atoms with Gasteiger partial charge in [0.2, 0.25) is 5.91 Å². The second-order valence-corrected chi connectivity index (χ2v) is 6.05. The Morgan fingerprint density at radius 1 is 1.23 bits per heavy atom. The molecular formula is C17H27N3O2. The molecule has 0 aromatic heterocycles. The van der Waals surface area contributed by atoms with E-state index in [2.05, 4.69) is 35.9 Å². The molecular weight excluding hydrogens is 278 g/mol. The first kappa shape index (κ1) is 16.8. The second kappa shape index (κ2) is 7.61. The summed E-state index contributed by atoms with van der Waals surface area (Å²) in [5.74, 6) is 1.07. The van der Waals surface area contributed by atoms with E-state index in [1.165, 1.54) is 5.56 Å². The van der Waals surface area contributed by atoms with Gasteiger partial charge in [-0.1, -0.05) is 12.1 Å². The molecule has 1 aliphatic rings. The number of rotatable bonds is 5. The molecule has 5 nitrogen and oxygen atoms in total. The first-order chi connectivity index (χ1) is 10.5. The Kier molecular flexibility index (Phi) is 5.80. The Labute approximate surface area is 133 Å². The molecule has 2 rings (SSSR count). The van der Waals surface area contributed by atoms with Crippen molar-refractivity contribution in [1.82, 2.24) is 14.7 Å². The SMILES string of the molecule is COc1ccc([C@@H](C)N(C)CC(=O)N2CCN(C)CC2)cc1. The minimum absolute atomic E-state index is 0.197. The van der Waals surface area contributed by atoms with E-state index in [0.717, 1.165) is 31.9 Å². The van der Waals surface area contributed by atoms with Gasteiger partial charge >= 0.3 is 0 Å². The van der Waals surface area contributed by atoms with Gasteiger partial charge < -0.3 is 14.5 Å². The van der Waals surface area contributed by atoms with Gasteiger partial charge in [-0.05, 0) is 38.7 Å². The second-order valence-electron chi connectivity index (χ2n) is 6.05. The van der Waals surface area contributed by atoms with Gasteiger partial charge in [-0.2, -0.15) is 0 Å². The summed E-state index contributed by atoms with van der Waals surface area (Å²) in [4.78, 5) is 18.7. The molecule has 1 atom stereocenters. The summed E-state index contributed by atoms with van der Waals surface area (Å²) >= 11 is 0. The van der Waals surface area contributed by atoms with Crippen molar-refractivity contribution in [3.63, 3.8) is 0 Å². The van der Waals surface area contributed by atoms with Gasteiger partial charge in [0.1, 0.15) is 5.75 Å². The maximum Gasteiger partial charge on any atom is 0.236 e. The van der Waals surface area contributed by atoms with E-state index in [1.807, 2.05) is 24.1 Å². The fourth-order valence-corrected chi connectivity index (χ4v) is 2.64. The molecule has 0 saturated carbocycles. The Balaban J connectivity index is 1.89. The van der Waals surface area contributed by atoms with Crippen molar-refractivity contribution in [3.8, 4) is 5.75 Å². The van der Waals surface area contributed by atoms with Crippen LogP contribution in [0.2, 0.25) is 0 Å². The van der Waals surface area contributed by atoms with E-state index in [-0.39, 0.29) is 11.9 Å². The number of methoxy groups -OCH3 is 1. The topological polar surface area (TPSA) is 36.0 Å². The fourth-order valence-electron chi connectivity index (χ4n) is 2.64. The minimum atomic E-state index is 0.197. The van der Waals surface area contributed by atoms with Gasteiger partial charge in [-0.25, -0.2) is 0 Å². The molecule has 1 aromatic rings. The molecule has 0 unspecified atom stereocenters. The summed E-state index contributed by atoms with van der Waals surface area (Å²) in [5, 5.41) is 0. The lowest BCUT2D eigenvalue weighted by molar-refractivity contribution is -0.134. The third-order valence-corrected chi connectivity index (χ3v) is 4.50. The molecule has 1 aromatic carbocycles. The van der Waals surface area contributed by atoms with Crippen LogP contribution in [0.3, 0.4) is 0 Å². The number of carbonyl (C=O) groups excluding carboxylic acids is 1. The van der Waals surface area contributed by atoms with E-state index >= 15 is 0 Å². The Hall–Kier alpha value is -1.59. The first-order valence-electron chi connectivity index (χ1n) is 7.81. The number of benzene rings is 1. The first-order valence-corrected chi connectivity index (χ1v) is 7.81. The maximum atomic E-state index is 12.4. The van der Waals surface area contributed by atoms with Crippen LogP contribution >= 0.6 is 0 Å². The lowest BCUT2D eigenvalue weighted by Crippen LogP contribution is -2.49. The van der Waals surface area contributed by atoms with E-state index in [9.17, 15) is 4.79 Å². The molecule has 5 heteroatoms. The zero-order valence-corrected chi connectivity index (χ0v) is 14.1. The van der Waals surface area contributed by atoms with Gasteiger partial charge in [0.25, 0.3) is 0 Å². The number of likely N-dealkylation sites (N-methyl/N-ethyl adjacent to an activating group) is 2. The monoisotopic (exact) mass is 305 g/mol. The molecule has 1 saturated heterocycles. The quantitative estimate of drug-likeness (QED) is 0.825. The van der Waals surface area contributed by atoms with Gasteiger partial charge in [0, 0.05) is 32.2 Å². The van der Waals surface area contributed by atoms with Gasteiger partial charge in [-0.3, -0.25) is 9.69 Å². The highest BCUT2D eigenvalue weighted by Gasteiger charge is 2.22. The standard InChI is InChI=1S/C17H27N3O2/c1-14(15-5-7-16(22-4)8-6-15)19(3)13-17(21)20-11-9-18(2)10-12-20/h5-8,14H,9-13H2,1-4H3/t14-/m1/s1. The predicted molar refractivity (Wildman–Crippen MR) is 88.1 cm³/mol. The molecule has 0 bridgehead atoms. The third-order valence-electron chi connectivity index (χ3n) is 4.50. The molecule has 0 N–H and O–H groups in total. The lowest BCUT2D eigenvalue weighted by Gasteiger charge is -2.34. The Bertz CT molecular complexity index is 481. The lowest BCUT2D eigenvalue weighted by atomic mass is 10.1. The molecule has 22 heavy (non-hydrogen) atoms. The van der Waals surface area contributed by atoms with Crippen LogP contribution in [0, 0.1) is 0 Å². The van der Waals surface area contributed by atoms with Crippen LogP contribution in [-0.2, 0) is 4.79 Å². The normalized spacial score (nSPS) is 17.6. The average molecular weight is 305 g/mol. The van der Waals surface area contributed by atoms with Gasteiger partial charge in [0.15, 0.2) is 0 Å². The van der Waals surface area contributed by atoms with Crippen molar-refractivity contribution in [2.75, 3.05) is 53.9 Å². The van der Waals surface area contributed by atoms with Crippen LogP contribution in [0.4, 0.5) is 0 Å². The average Bonchev–Trinajstić information content (AvgIpc) is 2.54. The van der Waals surface area contributed by atoms with Crippen LogP contribution in [0.15, 0.2) is 24.3 Å². The largest absolute Gasteiger partial charge is 0.497 e. The number of amides is 1. The van der Waals surface area contributed by atoms with Crippen molar-refractivity contribution >= 4 is 5.91 Å². The van der Waals surface area contributed by atoms with Crippen molar-refractivity contribution in [3.05, 3.63) is 29.8 Å². The molecule has 1 aliphatic heterocycles. The van der Waals surface area contributed by atoms with Crippen molar-refractivity contribution in [2.45, 2.75) is 13.0 Å². The summed E-state index contributed by atoms with van der Waals surface area (Å²) in [6.07, 6.45) is 0. The number of carbonyl (C=O) groups is 1. The summed E-state index contributed by atoms with van der Waals surface area (Å²) < 4.78 is 5.18. The van der Waals surface area contributed by atoms with Gasteiger partial charge in [-0.15, -0.1) is 0 Å². The van der Waals surface area contributed by atoms with Crippen molar-refractivity contribution < 1.29 is 9.53 Å². The minimum Gasteiger partial charge on any atom is -0.497 e. The van der Waals surface area contributed by atoms with Crippen molar-refractivity contribution in [2.24, 2.45) is 0 Å². The fraction of sp³-hybridized carbons (Fsp3) is 0.588. The van der Waals surface area contributed by atoms with E-state index in [1.54, 1.807) is 7.11 Å². The molecule has 0 spiro atoms. The molecule has 1 heterocycles. The van der Waals surface area contributed by atoms with E-state index in [0.29, 0.717) is 6.54 Å². The highest BCUT2D eigenvalue weighted by molar-refractivity contribution is 5.78. The predicted octanol–water partition coefficient (Wildman–Crippen LogP) is 1.46. The molecule has 1 fully saturated rings. The Morgan fingerprint density at radius 3 is 2.36 bits per heavy atom. The summed E-state index contributed by atoms with van der Waals surface area (Å²) in [7, 11) is 5.77. The smallest absolute Gasteiger partial charge is 0.236 e. The van der Waals surface area contributed by atoms with Crippen molar-refractivity contribution in [1.29, 1.82) is 0 Å². The highest BCUT2D eigenvalue weighted by atomic mass is 16.5. The number of hydrogen-bond donors (Lipinski definition) is 0. The number of hydrogen-bond acceptors (Lipinski definition) is 4. The molecule has 0 radical (unpaired) electrons. The van der Waals surface area contributed by atoms with Crippen LogP contribution in [0.25, 0.3) is 0 Å². The zero-order valence-electron chi connectivity index (χ0n) is 14.1. The number of nitrogens with zero attached hydrogens (tertiary/aromatic N) is 3. The van der Waals surface area contributed by atoms with E-state index < -0.39 is 0 Å². The van der Waals surface area contributed by atoms with Crippen LogP contribution in [-0.4, -0.2) is 74.5 Å². The van der Waals surface area contributed by atoms with E-state index in [4.69, 9.17) is 4.74 Å². The maximum absolute atomic E-state index is 12.4. The van der Waals surface area contributed by atoms with Crippen LogP contribution in [0.5, 0.6) is 5.75 Å². The molecule has 0 aliphatic carbocycles. The summed E-state index contributed by atoms with van der Waals surface area (Å²) in [6.45, 7) is 6.17.